The van der Waals surface area contributed by atoms with Gasteiger partial charge in [0.2, 0.25) is 11.8 Å². The Morgan fingerprint density at radius 1 is 1.19 bits per heavy atom. The minimum absolute atomic E-state index is 0.0108. The Kier molecular flexibility index (Phi) is 23.3. The Hall–Kier alpha value is -2.95. The van der Waals surface area contributed by atoms with Crippen LogP contribution >= 0.6 is 33.2 Å². The minimum atomic E-state index is -0.974. The van der Waals surface area contributed by atoms with E-state index in [0.29, 0.717) is 36.5 Å². The lowest BCUT2D eigenvalue weighted by atomic mass is 9.86. The van der Waals surface area contributed by atoms with E-state index < -0.39 is 18.1 Å². The van der Waals surface area contributed by atoms with Crippen molar-refractivity contribution in [1.82, 2.24) is 15.5 Å². The number of carboxylic acid groups (broad SMARTS) is 1. The smallest absolute Gasteiger partial charge is 0.407 e. The number of benzene rings is 1. The number of halogens is 1. The van der Waals surface area contributed by atoms with E-state index in [-0.39, 0.29) is 52.4 Å². The predicted octanol–water partition coefficient (Wildman–Crippen LogP) is 7.35. The van der Waals surface area contributed by atoms with Gasteiger partial charge in [0.15, 0.2) is 0 Å². The highest BCUT2D eigenvalue weighted by molar-refractivity contribution is 8.76. The van der Waals surface area contributed by atoms with Crippen molar-refractivity contribution >= 4 is 57.1 Å². The van der Waals surface area contributed by atoms with E-state index in [1.807, 2.05) is 56.5 Å². The highest BCUT2D eigenvalue weighted by atomic mass is 35.5. The zero-order chi connectivity index (χ0) is 43.5. The second kappa shape index (κ2) is 25.5. The van der Waals surface area contributed by atoms with Crippen molar-refractivity contribution in [3.8, 4) is 5.75 Å². The number of carbonyl (C=O) groups excluding carboxylic acids is 3. The molecule has 5 unspecified atom stereocenters. The van der Waals surface area contributed by atoms with Gasteiger partial charge in [0.1, 0.15) is 17.9 Å². The molecule has 13 nitrogen and oxygen atoms in total. The highest BCUT2D eigenvalue weighted by Gasteiger charge is 2.57. The summed E-state index contributed by atoms with van der Waals surface area (Å²) < 4.78 is 26.9. The summed E-state index contributed by atoms with van der Waals surface area (Å²) in [5.41, 5.74) is 1.88. The van der Waals surface area contributed by atoms with Crippen LogP contribution in [0.15, 0.2) is 42.0 Å². The second-order valence-corrected chi connectivity index (χ2v) is 18.5. The van der Waals surface area contributed by atoms with Gasteiger partial charge >= 0.3 is 12.1 Å². The number of likely N-dealkylation sites (N-methyl/N-ethyl adjacent to an activating group) is 1. The van der Waals surface area contributed by atoms with Crippen LogP contribution in [-0.2, 0) is 39.8 Å². The number of epoxide rings is 1. The van der Waals surface area contributed by atoms with Crippen LogP contribution in [-0.4, -0.2) is 123 Å². The number of hydrogen-bond donors (Lipinski definition) is 3. The maximum absolute atomic E-state index is 12.4. The third kappa shape index (κ3) is 18.2. The molecule has 0 spiro atoms. The zero-order valence-electron chi connectivity index (χ0n) is 35.9. The molecule has 0 radical (unpaired) electrons. The first-order chi connectivity index (χ1) is 26.7. The second-order valence-electron chi connectivity index (χ2n) is 15.0. The number of allylic oxidation sites excluding steroid dienone is 3. The molecule has 2 saturated heterocycles. The van der Waals surface area contributed by atoms with E-state index >= 15 is 0 Å². The number of amides is 3. The van der Waals surface area contributed by atoms with E-state index in [2.05, 4.69) is 36.1 Å². The van der Waals surface area contributed by atoms with Gasteiger partial charge in [-0.2, -0.15) is 0 Å². The van der Waals surface area contributed by atoms with Crippen LogP contribution in [0.4, 0.5) is 4.79 Å². The molecule has 1 aromatic carbocycles. The molecule has 3 rings (SSSR count). The molecular weight excluding hydrogens is 794 g/mol. The van der Waals surface area contributed by atoms with Gasteiger partial charge < -0.3 is 44.3 Å². The van der Waals surface area contributed by atoms with Crippen molar-refractivity contribution < 1.29 is 48.0 Å². The Balaban J connectivity index is 0.000000680. The molecule has 7 atom stereocenters. The average molecular weight is 861 g/mol. The standard InChI is InChI=1S/C28H39ClN2O6.C11H21NO3S2.C2H6O/c1-17(14-19-10-11-20(29)24(15-19)35-6)8-7-9-22(34-5)21-16-23(36-27(33)31-21)18(2)26-28(3,37-26)13-12-25(32)30-4;1-8(10(14)15)12(4)9(13)6-7-11(2,3)17-16-5;1-3-2/h7-11,15,18,21-23,26H,12-14,16H2,1-6H3,(H,30,32)(H,31,33);8H,6-7H2,1-5H3,(H,14,15);1-2H3/b9-7+,17-8+;;/t18-,21?,22-,23?,26?,28?;;/m1../s1. The van der Waals surface area contributed by atoms with Gasteiger partial charge in [-0.15, -0.1) is 0 Å². The quantitative estimate of drug-likeness (QED) is 0.0721. The average Bonchev–Trinajstić information content (AvgIpc) is 3.85. The van der Waals surface area contributed by atoms with Gasteiger partial charge in [-0.3, -0.25) is 9.59 Å². The number of ether oxygens (including phenoxy) is 5. The molecule has 1 aromatic rings. The van der Waals surface area contributed by atoms with Crippen LogP contribution in [0.1, 0.15) is 79.2 Å². The molecule has 324 valence electrons. The Labute approximate surface area is 353 Å². The molecule has 2 heterocycles. The van der Waals surface area contributed by atoms with Crippen molar-refractivity contribution in [3.05, 3.63) is 52.6 Å². The van der Waals surface area contributed by atoms with Crippen molar-refractivity contribution in [1.29, 1.82) is 0 Å². The molecule has 2 aliphatic rings. The first-order valence-electron chi connectivity index (χ1n) is 18.9. The Morgan fingerprint density at radius 2 is 1.84 bits per heavy atom. The fourth-order valence-electron chi connectivity index (χ4n) is 6.16. The van der Waals surface area contributed by atoms with Gasteiger partial charge in [-0.1, -0.05) is 70.0 Å². The van der Waals surface area contributed by atoms with Gasteiger partial charge in [0.05, 0.1) is 36.0 Å². The molecular formula is C41H66ClN3O10S2. The number of nitrogens with zero attached hydrogens (tertiary/aromatic N) is 1. The maximum atomic E-state index is 12.4. The van der Waals surface area contributed by atoms with Crippen LogP contribution in [0, 0.1) is 5.92 Å². The van der Waals surface area contributed by atoms with Gasteiger partial charge in [-0.25, -0.2) is 9.59 Å². The fraction of sp³-hybridized carbons (Fsp3) is 0.659. The third-order valence-corrected chi connectivity index (χ3v) is 12.8. The van der Waals surface area contributed by atoms with E-state index in [1.54, 1.807) is 57.1 Å². The summed E-state index contributed by atoms with van der Waals surface area (Å²) in [5.74, 6) is -0.454. The third-order valence-electron chi connectivity index (χ3n) is 9.81. The number of alkyl carbamates (subject to hydrolysis) is 1. The molecule has 0 bridgehead atoms. The molecule has 0 aromatic heterocycles. The Morgan fingerprint density at radius 3 is 2.40 bits per heavy atom. The normalized spacial score (nSPS) is 22.0. The fourth-order valence-corrected chi connectivity index (χ4v) is 8.59. The lowest BCUT2D eigenvalue weighted by molar-refractivity contribution is -0.148. The number of cyclic esters (lactones) is 1. The minimum Gasteiger partial charge on any atom is -0.495 e. The van der Waals surface area contributed by atoms with Crippen LogP contribution in [0.25, 0.3) is 0 Å². The number of hydrogen-bond acceptors (Lipinski definition) is 11. The summed E-state index contributed by atoms with van der Waals surface area (Å²) in [6.45, 7) is 11.8. The number of nitrogens with one attached hydrogen (secondary N) is 2. The van der Waals surface area contributed by atoms with Crippen LogP contribution in [0.5, 0.6) is 5.75 Å². The molecule has 57 heavy (non-hydrogen) atoms. The van der Waals surface area contributed by atoms with Crippen LogP contribution in [0.3, 0.4) is 0 Å². The van der Waals surface area contributed by atoms with Gasteiger partial charge in [0.25, 0.3) is 0 Å². The van der Waals surface area contributed by atoms with Crippen LogP contribution in [0.2, 0.25) is 5.02 Å². The van der Waals surface area contributed by atoms with E-state index in [0.717, 1.165) is 24.0 Å². The largest absolute Gasteiger partial charge is 0.495 e. The van der Waals surface area contributed by atoms with E-state index in [9.17, 15) is 19.2 Å². The summed E-state index contributed by atoms with van der Waals surface area (Å²) in [6.07, 6.45) is 10.3. The summed E-state index contributed by atoms with van der Waals surface area (Å²) in [6, 6.07) is 4.75. The molecule has 2 fully saturated rings. The molecule has 3 amide bonds. The maximum Gasteiger partial charge on any atom is 0.407 e. The molecule has 2 aliphatic heterocycles. The lowest BCUT2D eigenvalue weighted by Gasteiger charge is -2.35. The number of methoxy groups -OCH3 is 3. The number of rotatable bonds is 19. The van der Waals surface area contributed by atoms with E-state index in [1.165, 1.54) is 18.9 Å². The summed E-state index contributed by atoms with van der Waals surface area (Å²) >= 11 is 6.12. The molecule has 3 N–H and O–H groups in total. The van der Waals surface area contributed by atoms with Crippen molar-refractivity contribution in [3.63, 3.8) is 0 Å². The number of aliphatic carboxylic acids is 1. The summed E-state index contributed by atoms with van der Waals surface area (Å²) in [4.78, 5) is 47.9. The van der Waals surface area contributed by atoms with Gasteiger partial charge in [-0.05, 0) is 77.8 Å². The summed E-state index contributed by atoms with van der Waals surface area (Å²) in [7, 11) is 13.1. The molecule has 0 saturated carbocycles. The first-order valence-corrected chi connectivity index (χ1v) is 21.8. The highest BCUT2D eigenvalue weighted by Crippen LogP contribution is 2.47. The SMILES string of the molecule is CNC(=O)CCC1(C)OC1[C@H](C)C1CC([C@@H](/C=C/C=C(\C)Cc2ccc(Cl)c(OC)c2)OC)NC(=O)O1.COC.CSSC(C)(C)CCC(=O)N(C)C(C)C(=O)O. The number of carbonyl (C=O) groups is 4. The monoisotopic (exact) mass is 859 g/mol. The summed E-state index contributed by atoms with van der Waals surface area (Å²) in [5, 5.41) is 14.9. The lowest BCUT2D eigenvalue weighted by Crippen LogP contribution is -2.53. The Bertz CT molecular complexity index is 1510. The zero-order valence-corrected chi connectivity index (χ0v) is 38.3. The molecule has 0 aliphatic carbocycles. The topological polar surface area (TPSA) is 165 Å². The van der Waals surface area contributed by atoms with Crippen molar-refractivity contribution in [2.45, 2.75) is 121 Å². The van der Waals surface area contributed by atoms with Crippen molar-refractivity contribution in [2.24, 2.45) is 5.92 Å². The first kappa shape index (κ1) is 52.1. The number of carboxylic acids is 1. The van der Waals surface area contributed by atoms with Gasteiger partial charge in [0, 0.05) is 65.4 Å². The molecule has 16 heteroatoms. The van der Waals surface area contributed by atoms with Crippen molar-refractivity contribution in [2.75, 3.05) is 48.8 Å². The van der Waals surface area contributed by atoms with Crippen LogP contribution < -0.4 is 15.4 Å². The van der Waals surface area contributed by atoms with E-state index in [4.69, 9.17) is 35.7 Å². The predicted molar refractivity (Wildman–Crippen MR) is 230 cm³/mol.